The molecule has 3 aromatic carbocycles. The maximum absolute atomic E-state index is 12.6. The maximum Gasteiger partial charge on any atom is 0.407 e. The van der Waals surface area contributed by atoms with E-state index in [-0.39, 0.29) is 18.9 Å². The Balaban J connectivity index is 1.43. The molecule has 0 saturated carbocycles. The summed E-state index contributed by atoms with van der Waals surface area (Å²) in [7, 11) is 2.88. The number of esters is 1. The van der Waals surface area contributed by atoms with Gasteiger partial charge in [0.05, 0.1) is 14.2 Å². The lowest BCUT2D eigenvalue weighted by Gasteiger charge is -2.18. The standard InChI is InChI=1S/C26H25NO5/c1-30-18-13-11-17(12-14-18)15-24(25(28)31-2)27-26(29)32-16-23-21-9-5-3-7-19(21)20-8-4-6-10-22(20)23/h3-14,23-24H,15-16H2,1-2H3,(H,27,29). The van der Waals surface area contributed by atoms with Gasteiger partial charge in [0.15, 0.2) is 0 Å². The largest absolute Gasteiger partial charge is 0.497 e. The Morgan fingerprint density at radius 1 is 0.875 bits per heavy atom. The van der Waals surface area contributed by atoms with Gasteiger partial charge in [0.2, 0.25) is 0 Å². The van der Waals surface area contributed by atoms with Crippen molar-refractivity contribution in [2.45, 2.75) is 18.4 Å². The van der Waals surface area contributed by atoms with E-state index in [1.165, 1.54) is 7.11 Å². The zero-order chi connectivity index (χ0) is 22.5. The van der Waals surface area contributed by atoms with Crippen LogP contribution in [-0.2, 0) is 20.7 Å². The van der Waals surface area contributed by atoms with E-state index < -0.39 is 18.1 Å². The highest BCUT2D eigenvalue weighted by Gasteiger charge is 2.30. The van der Waals surface area contributed by atoms with Crippen LogP contribution in [0.5, 0.6) is 5.75 Å². The lowest BCUT2D eigenvalue weighted by Crippen LogP contribution is -2.43. The van der Waals surface area contributed by atoms with Crippen LogP contribution in [0, 0.1) is 0 Å². The number of benzene rings is 3. The molecule has 0 bridgehead atoms. The number of hydrogen-bond acceptors (Lipinski definition) is 5. The number of ether oxygens (including phenoxy) is 3. The average Bonchev–Trinajstić information content (AvgIpc) is 3.16. The molecule has 0 aliphatic heterocycles. The summed E-state index contributed by atoms with van der Waals surface area (Å²) in [5.74, 6) is 0.133. The van der Waals surface area contributed by atoms with Crippen LogP contribution >= 0.6 is 0 Å². The van der Waals surface area contributed by atoms with Crippen molar-refractivity contribution in [3.8, 4) is 16.9 Å². The van der Waals surface area contributed by atoms with E-state index in [4.69, 9.17) is 14.2 Å². The number of carbonyl (C=O) groups excluding carboxylic acids is 2. The van der Waals surface area contributed by atoms with Gasteiger partial charge in [-0.3, -0.25) is 0 Å². The first-order valence-corrected chi connectivity index (χ1v) is 10.4. The molecule has 1 unspecified atom stereocenters. The molecule has 4 rings (SSSR count). The molecule has 1 aliphatic rings. The highest BCUT2D eigenvalue weighted by atomic mass is 16.6. The number of amides is 1. The number of methoxy groups -OCH3 is 2. The van der Waals surface area contributed by atoms with Crippen LogP contribution in [0.25, 0.3) is 11.1 Å². The van der Waals surface area contributed by atoms with Crippen molar-refractivity contribution in [3.05, 3.63) is 89.5 Å². The Kier molecular flexibility index (Phi) is 6.40. The molecule has 6 heteroatoms. The molecule has 0 aromatic heterocycles. The third-order valence-corrected chi connectivity index (χ3v) is 5.72. The van der Waals surface area contributed by atoms with Gasteiger partial charge in [-0.1, -0.05) is 60.7 Å². The van der Waals surface area contributed by atoms with Gasteiger partial charge >= 0.3 is 12.1 Å². The minimum atomic E-state index is -0.857. The summed E-state index contributed by atoms with van der Waals surface area (Å²) in [5, 5.41) is 2.65. The number of rotatable bonds is 7. The molecule has 1 aliphatic carbocycles. The Labute approximate surface area is 187 Å². The molecular formula is C26H25NO5. The van der Waals surface area contributed by atoms with E-state index in [1.54, 1.807) is 19.2 Å². The van der Waals surface area contributed by atoms with Crippen molar-refractivity contribution in [1.29, 1.82) is 0 Å². The summed E-state index contributed by atoms with van der Waals surface area (Å²) in [5.41, 5.74) is 5.43. The second-order valence-electron chi connectivity index (χ2n) is 7.60. The fraction of sp³-hybridized carbons (Fsp3) is 0.231. The monoisotopic (exact) mass is 431 g/mol. The van der Waals surface area contributed by atoms with Crippen LogP contribution in [0.3, 0.4) is 0 Å². The smallest absolute Gasteiger partial charge is 0.407 e. The van der Waals surface area contributed by atoms with E-state index in [9.17, 15) is 9.59 Å². The van der Waals surface area contributed by atoms with Gasteiger partial charge in [-0.05, 0) is 39.9 Å². The van der Waals surface area contributed by atoms with Crippen molar-refractivity contribution >= 4 is 12.1 Å². The summed E-state index contributed by atoms with van der Waals surface area (Å²) in [4.78, 5) is 24.8. The zero-order valence-corrected chi connectivity index (χ0v) is 18.0. The number of hydrogen-bond donors (Lipinski definition) is 1. The second kappa shape index (κ2) is 9.56. The fourth-order valence-corrected chi connectivity index (χ4v) is 4.12. The molecule has 164 valence electrons. The van der Waals surface area contributed by atoms with Crippen LogP contribution < -0.4 is 10.1 Å². The van der Waals surface area contributed by atoms with Gasteiger partial charge in [-0.15, -0.1) is 0 Å². The molecule has 0 fully saturated rings. The molecule has 1 amide bonds. The van der Waals surface area contributed by atoms with E-state index >= 15 is 0 Å². The normalized spacial score (nSPS) is 12.9. The Morgan fingerprint density at radius 3 is 2.03 bits per heavy atom. The van der Waals surface area contributed by atoms with Crippen molar-refractivity contribution in [1.82, 2.24) is 5.32 Å². The minimum Gasteiger partial charge on any atom is -0.497 e. The van der Waals surface area contributed by atoms with Crippen LogP contribution in [0.15, 0.2) is 72.8 Å². The van der Waals surface area contributed by atoms with Crippen molar-refractivity contribution in [3.63, 3.8) is 0 Å². The lowest BCUT2D eigenvalue weighted by molar-refractivity contribution is -0.143. The fourth-order valence-electron chi connectivity index (χ4n) is 4.12. The zero-order valence-electron chi connectivity index (χ0n) is 18.0. The molecule has 0 spiro atoms. The van der Waals surface area contributed by atoms with E-state index in [1.807, 2.05) is 36.4 Å². The van der Waals surface area contributed by atoms with Crippen LogP contribution in [0.2, 0.25) is 0 Å². The molecule has 32 heavy (non-hydrogen) atoms. The van der Waals surface area contributed by atoms with Gasteiger partial charge in [0.1, 0.15) is 18.4 Å². The molecule has 0 saturated heterocycles. The summed E-state index contributed by atoms with van der Waals surface area (Å²) in [6.07, 6.45) is -0.378. The van der Waals surface area contributed by atoms with E-state index in [0.717, 1.165) is 27.8 Å². The minimum absolute atomic E-state index is 0.0497. The molecule has 6 nitrogen and oxygen atoms in total. The van der Waals surface area contributed by atoms with Gasteiger partial charge in [-0.2, -0.15) is 0 Å². The van der Waals surface area contributed by atoms with Crippen molar-refractivity contribution < 1.29 is 23.8 Å². The first-order valence-electron chi connectivity index (χ1n) is 10.4. The first kappa shape index (κ1) is 21.4. The molecular weight excluding hydrogens is 406 g/mol. The number of carbonyl (C=O) groups is 2. The van der Waals surface area contributed by atoms with Crippen molar-refractivity contribution in [2.75, 3.05) is 20.8 Å². The second-order valence-corrected chi connectivity index (χ2v) is 7.60. The van der Waals surface area contributed by atoms with Gasteiger partial charge < -0.3 is 19.5 Å². The number of nitrogens with one attached hydrogen (secondary N) is 1. The third-order valence-electron chi connectivity index (χ3n) is 5.72. The quantitative estimate of drug-likeness (QED) is 0.564. The Morgan fingerprint density at radius 2 is 1.47 bits per heavy atom. The summed E-state index contributed by atoms with van der Waals surface area (Å²) >= 11 is 0. The van der Waals surface area contributed by atoms with Crippen LogP contribution in [0.4, 0.5) is 4.79 Å². The van der Waals surface area contributed by atoms with E-state index in [2.05, 4.69) is 29.6 Å². The third kappa shape index (κ3) is 4.44. The van der Waals surface area contributed by atoms with Gasteiger partial charge in [-0.25, -0.2) is 9.59 Å². The summed E-state index contributed by atoms with van der Waals surface area (Å²) < 4.78 is 15.6. The maximum atomic E-state index is 12.6. The highest BCUT2D eigenvalue weighted by Crippen LogP contribution is 2.44. The number of alkyl carbamates (subject to hydrolysis) is 1. The predicted molar refractivity (Wildman–Crippen MR) is 121 cm³/mol. The molecule has 1 atom stereocenters. The summed E-state index contributed by atoms with van der Waals surface area (Å²) in [6.45, 7) is 0.177. The summed E-state index contributed by atoms with van der Waals surface area (Å²) in [6, 6.07) is 22.7. The van der Waals surface area contributed by atoms with Gasteiger partial charge in [0, 0.05) is 12.3 Å². The van der Waals surface area contributed by atoms with Crippen LogP contribution in [-0.4, -0.2) is 38.9 Å². The molecule has 0 radical (unpaired) electrons. The Bertz CT molecular complexity index is 1060. The lowest BCUT2D eigenvalue weighted by atomic mass is 9.98. The van der Waals surface area contributed by atoms with Crippen molar-refractivity contribution in [2.24, 2.45) is 0 Å². The van der Waals surface area contributed by atoms with Gasteiger partial charge in [0.25, 0.3) is 0 Å². The highest BCUT2D eigenvalue weighted by molar-refractivity contribution is 5.82. The Hall–Kier alpha value is -3.80. The van der Waals surface area contributed by atoms with E-state index in [0.29, 0.717) is 5.75 Å². The SMILES string of the molecule is COC(=O)C(Cc1ccc(OC)cc1)NC(=O)OCC1c2ccccc2-c2ccccc21. The first-order chi connectivity index (χ1) is 15.6. The average molecular weight is 431 g/mol. The molecule has 0 heterocycles. The number of fused-ring (bicyclic) bond motifs is 3. The topological polar surface area (TPSA) is 73.9 Å². The molecule has 3 aromatic rings. The molecule has 1 N–H and O–H groups in total. The van der Waals surface area contributed by atoms with Crippen LogP contribution in [0.1, 0.15) is 22.6 Å². The predicted octanol–water partition coefficient (Wildman–Crippen LogP) is 4.32.